The summed E-state index contributed by atoms with van der Waals surface area (Å²) in [7, 11) is 1.68. The smallest absolute Gasteiger partial charge is 0.239 e. The zero-order valence-corrected chi connectivity index (χ0v) is 11.3. The van der Waals surface area contributed by atoms with E-state index >= 15 is 0 Å². The molecule has 0 heterocycles. The Morgan fingerprint density at radius 1 is 1.38 bits per heavy atom. The van der Waals surface area contributed by atoms with Crippen LogP contribution in [0.1, 0.15) is 32.1 Å². The first-order valence-electron chi connectivity index (χ1n) is 5.72. The van der Waals surface area contributed by atoms with Crippen molar-refractivity contribution in [3.05, 3.63) is 0 Å². The number of hydrogen-bond donors (Lipinski definition) is 1. The van der Waals surface area contributed by atoms with Crippen molar-refractivity contribution in [2.24, 2.45) is 0 Å². The molecule has 0 saturated heterocycles. The molecule has 0 atom stereocenters. The second kappa shape index (κ2) is 6.89. The highest BCUT2D eigenvalue weighted by Crippen LogP contribution is 2.18. The van der Waals surface area contributed by atoms with Crippen LogP contribution in [-0.2, 0) is 9.59 Å². The minimum absolute atomic E-state index is 0.0427. The van der Waals surface area contributed by atoms with Gasteiger partial charge in [-0.3, -0.25) is 9.59 Å². The van der Waals surface area contributed by atoms with Crippen molar-refractivity contribution in [3.8, 4) is 0 Å². The average molecular weight is 291 g/mol. The van der Waals surface area contributed by atoms with Crippen LogP contribution in [0.25, 0.3) is 0 Å². The van der Waals surface area contributed by atoms with Gasteiger partial charge >= 0.3 is 0 Å². The van der Waals surface area contributed by atoms with Crippen LogP contribution in [0, 0.1) is 0 Å². The predicted octanol–water partition coefficient (Wildman–Crippen LogP) is 1.29. The number of rotatable bonds is 7. The molecule has 0 aromatic heterocycles. The van der Waals surface area contributed by atoms with Gasteiger partial charge in [0, 0.05) is 24.8 Å². The zero-order valence-electron chi connectivity index (χ0n) is 9.67. The summed E-state index contributed by atoms with van der Waals surface area (Å²) in [6.07, 6.45) is 4.55. The Morgan fingerprint density at radius 3 is 2.62 bits per heavy atom. The summed E-state index contributed by atoms with van der Waals surface area (Å²) in [5, 5.41) is 3.79. The van der Waals surface area contributed by atoms with Crippen molar-refractivity contribution in [1.29, 1.82) is 0 Å². The Kier molecular flexibility index (Phi) is 5.80. The molecule has 1 aliphatic rings. The number of nitrogens with one attached hydrogen (secondary N) is 1. The fourth-order valence-electron chi connectivity index (χ4n) is 1.37. The molecule has 0 aliphatic heterocycles. The highest BCUT2D eigenvalue weighted by Gasteiger charge is 2.24. The minimum atomic E-state index is -0.0427. The number of amides is 2. The molecule has 1 N–H and O–H groups in total. The third kappa shape index (κ3) is 5.49. The van der Waals surface area contributed by atoms with Crippen molar-refractivity contribution < 1.29 is 9.59 Å². The largest absolute Gasteiger partial charge is 0.352 e. The zero-order chi connectivity index (χ0) is 12.0. The first-order chi connectivity index (χ1) is 7.63. The summed E-state index contributed by atoms with van der Waals surface area (Å²) in [6.45, 7) is 0.184. The third-order valence-corrected chi connectivity index (χ3v) is 3.08. The molecule has 0 spiro atoms. The molecule has 5 heteroatoms. The molecule has 1 saturated carbocycles. The van der Waals surface area contributed by atoms with E-state index in [4.69, 9.17) is 0 Å². The van der Waals surface area contributed by atoms with E-state index in [-0.39, 0.29) is 18.4 Å². The number of alkyl halides is 1. The van der Waals surface area contributed by atoms with Gasteiger partial charge in [-0.05, 0) is 25.7 Å². The molecular weight excluding hydrogens is 272 g/mol. The fraction of sp³-hybridized carbons (Fsp3) is 0.818. The SMILES string of the molecule is CN(CC(=O)NC1CC1)C(=O)CCCCBr. The van der Waals surface area contributed by atoms with Crippen molar-refractivity contribution in [3.63, 3.8) is 0 Å². The molecule has 1 rings (SSSR count). The van der Waals surface area contributed by atoms with Crippen LogP contribution < -0.4 is 5.32 Å². The highest BCUT2D eigenvalue weighted by molar-refractivity contribution is 9.09. The van der Waals surface area contributed by atoms with Crippen molar-refractivity contribution in [1.82, 2.24) is 10.2 Å². The van der Waals surface area contributed by atoms with E-state index in [0.29, 0.717) is 12.5 Å². The van der Waals surface area contributed by atoms with Gasteiger partial charge in [0.25, 0.3) is 0 Å². The van der Waals surface area contributed by atoms with E-state index in [1.165, 1.54) is 4.90 Å². The molecule has 1 aliphatic carbocycles. The lowest BCUT2D eigenvalue weighted by atomic mass is 10.2. The van der Waals surface area contributed by atoms with Crippen molar-refractivity contribution in [2.45, 2.75) is 38.1 Å². The lowest BCUT2D eigenvalue weighted by Crippen LogP contribution is -2.39. The maximum Gasteiger partial charge on any atom is 0.239 e. The Hall–Kier alpha value is -0.580. The van der Waals surface area contributed by atoms with Gasteiger partial charge < -0.3 is 10.2 Å². The van der Waals surface area contributed by atoms with E-state index < -0.39 is 0 Å². The normalized spacial score (nSPS) is 14.6. The highest BCUT2D eigenvalue weighted by atomic mass is 79.9. The van der Waals surface area contributed by atoms with Gasteiger partial charge in [-0.1, -0.05) is 15.9 Å². The van der Waals surface area contributed by atoms with Crippen LogP contribution in [-0.4, -0.2) is 41.7 Å². The molecular formula is C11H19BrN2O2. The lowest BCUT2D eigenvalue weighted by Gasteiger charge is -2.16. The fourth-order valence-corrected chi connectivity index (χ4v) is 1.76. The molecule has 92 valence electrons. The number of halogens is 1. The van der Waals surface area contributed by atoms with Gasteiger partial charge in [0.2, 0.25) is 11.8 Å². The minimum Gasteiger partial charge on any atom is -0.352 e. The first kappa shape index (κ1) is 13.5. The molecule has 0 unspecified atom stereocenters. The number of hydrogen-bond acceptors (Lipinski definition) is 2. The van der Waals surface area contributed by atoms with Gasteiger partial charge in [-0.25, -0.2) is 0 Å². The second-order valence-electron chi connectivity index (χ2n) is 4.24. The predicted molar refractivity (Wildman–Crippen MR) is 66.4 cm³/mol. The van der Waals surface area contributed by atoms with Crippen LogP contribution in [0.3, 0.4) is 0 Å². The number of unbranched alkanes of at least 4 members (excludes halogenated alkanes) is 1. The van der Waals surface area contributed by atoms with Crippen LogP contribution in [0.2, 0.25) is 0 Å². The third-order valence-electron chi connectivity index (χ3n) is 2.52. The Balaban J connectivity index is 2.13. The average Bonchev–Trinajstić information content (AvgIpc) is 3.01. The second-order valence-corrected chi connectivity index (χ2v) is 5.03. The summed E-state index contributed by atoms with van der Waals surface area (Å²) in [6, 6.07) is 0.365. The monoisotopic (exact) mass is 290 g/mol. The molecule has 1 fully saturated rings. The molecule has 2 amide bonds. The molecule has 4 nitrogen and oxygen atoms in total. The summed E-state index contributed by atoms with van der Waals surface area (Å²) in [5.74, 6) is 0.00531. The molecule has 0 bridgehead atoms. The quantitative estimate of drug-likeness (QED) is 0.567. The Labute approximate surface area is 105 Å². The first-order valence-corrected chi connectivity index (χ1v) is 6.85. The standard InChI is InChI=1S/C11H19BrN2O2/c1-14(11(16)4-2-3-7-12)8-10(15)13-9-5-6-9/h9H,2-8H2,1H3,(H,13,15). The van der Waals surface area contributed by atoms with Gasteiger partial charge in [-0.2, -0.15) is 0 Å². The Bertz CT molecular complexity index is 254. The van der Waals surface area contributed by atoms with Crippen LogP contribution >= 0.6 is 15.9 Å². The molecule has 16 heavy (non-hydrogen) atoms. The summed E-state index contributed by atoms with van der Waals surface area (Å²) in [4.78, 5) is 24.5. The summed E-state index contributed by atoms with van der Waals surface area (Å²) in [5.41, 5.74) is 0. The van der Waals surface area contributed by atoms with E-state index in [2.05, 4.69) is 21.2 Å². The molecule has 0 radical (unpaired) electrons. The lowest BCUT2D eigenvalue weighted by molar-refractivity contribution is -0.134. The van der Waals surface area contributed by atoms with Crippen LogP contribution in [0.15, 0.2) is 0 Å². The number of nitrogens with zero attached hydrogens (tertiary/aromatic N) is 1. The number of likely N-dealkylation sites (N-methyl/N-ethyl adjacent to an activating group) is 1. The maximum absolute atomic E-state index is 11.6. The van der Waals surface area contributed by atoms with Gasteiger partial charge in [0.1, 0.15) is 0 Å². The topological polar surface area (TPSA) is 49.4 Å². The van der Waals surface area contributed by atoms with E-state index in [9.17, 15) is 9.59 Å². The summed E-state index contributed by atoms with van der Waals surface area (Å²) < 4.78 is 0. The molecule has 0 aromatic carbocycles. The van der Waals surface area contributed by atoms with E-state index in [1.54, 1.807) is 7.05 Å². The summed E-state index contributed by atoms with van der Waals surface area (Å²) >= 11 is 3.32. The van der Waals surface area contributed by atoms with E-state index in [0.717, 1.165) is 31.0 Å². The Morgan fingerprint density at radius 2 is 2.06 bits per heavy atom. The van der Waals surface area contributed by atoms with Crippen LogP contribution in [0.4, 0.5) is 0 Å². The van der Waals surface area contributed by atoms with Crippen molar-refractivity contribution in [2.75, 3.05) is 18.9 Å². The van der Waals surface area contributed by atoms with Gasteiger partial charge in [0.15, 0.2) is 0 Å². The maximum atomic E-state index is 11.6. The number of carbonyl (C=O) groups is 2. The van der Waals surface area contributed by atoms with Crippen molar-refractivity contribution >= 4 is 27.7 Å². The van der Waals surface area contributed by atoms with Gasteiger partial charge in [0.05, 0.1) is 6.54 Å². The molecule has 0 aromatic rings. The van der Waals surface area contributed by atoms with Crippen LogP contribution in [0.5, 0.6) is 0 Å². The number of carbonyl (C=O) groups excluding carboxylic acids is 2. The van der Waals surface area contributed by atoms with Gasteiger partial charge in [-0.15, -0.1) is 0 Å². The van der Waals surface area contributed by atoms with E-state index in [1.807, 2.05) is 0 Å².